The third kappa shape index (κ3) is 2.13. The molecule has 1 aromatic carbocycles. The number of ketones is 1. The predicted octanol–water partition coefficient (Wildman–Crippen LogP) is 3.52. The van der Waals surface area contributed by atoms with Crippen molar-refractivity contribution in [3.63, 3.8) is 0 Å². The number of furan rings is 1. The molecule has 2 rings (SSSR count). The van der Waals surface area contributed by atoms with Crippen LogP contribution in [0.25, 0.3) is 0 Å². The topological polar surface area (TPSA) is 30.2 Å². The Morgan fingerprint density at radius 2 is 2.06 bits per heavy atom. The lowest BCUT2D eigenvalue weighted by atomic mass is 9.99. The summed E-state index contributed by atoms with van der Waals surface area (Å²) in [5, 5.41) is 0. The van der Waals surface area contributed by atoms with E-state index in [2.05, 4.69) is 0 Å². The van der Waals surface area contributed by atoms with Gasteiger partial charge in [0.2, 0.25) is 0 Å². The van der Waals surface area contributed by atoms with E-state index in [1.54, 1.807) is 13.0 Å². The first-order valence-electron chi connectivity index (χ1n) is 5.50. The van der Waals surface area contributed by atoms with E-state index in [-0.39, 0.29) is 11.6 Å². The zero-order chi connectivity index (χ0) is 12.4. The van der Waals surface area contributed by atoms with Gasteiger partial charge in [-0.1, -0.05) is 6.92 Å². The molecule has 0 radical (unpaired) electrons. The van der Waals surface area contributed by atoms with Gasteiger partial charge < -0.3 is 4.42 Å². The summed E-state index contributed by atoms with van der Waals surface area (Å²) in [6.07, 6.45) is 2.17. The smallest absolute Gasteiger partial charge is 0.196 e. The molecule has 2 nitrogen and oxygen atoms in total. The highest BCUT2D eigenvalue weighted by Gasteiger charge is 2.17. The number of hydrogen-bond acceptors (Lipinski definition) is 2. The number of carbonyl (C=O) groups excluding carboxylic acids is 1. The number of hydrogen-bond donors (Lipinski definition) is 0. The molecule has 0 saturated carbocycles. The summed E-state index contributed by atoms with van der Waals surface area (Å²) in [6, 6.07) is 5.83. The van der Waals surface area contributed by atoms with Gasteiger partial charge in [0, 0.05) is 12.0 Å². The van der Waals surface area contributed by atoms with Crippen LogP contribution in [-0.4, -0.2) is 5.78 Å². The number of carbonyl (C=O) groups is 1. The highest BCUT2D eigenvalue weighted by atomic mass is 19.1. The van der Waals surface area contributed by atoms with Gasteiger partial charge in [-0.15, -0.1) is 0 Å². The Kier molecular flexibility index (Phi) is 3.09. The second-order valence-electron chi connectivity index (χ2n) is 3.90. The van der Waals surface area contributed by atoms with Crippen LogP contribution in [0.5, 0.6) is 0 Å². The number of halogens is 1. The quantitative estimate of drug-likeness (QED) is 0.758. The van der Waals surface area contributed by atoms with Crippen molar-refractivity contribution in [2.24, 2.45) is 0 Å². The Morgan fingerprint density at radius 1 is 1.29 bits per heavy atom. The van der Waals surface area contributed by atoms with Crippen LogP contribution in [0.15, 0.2) is 34.9 Å². The molecular weight excluding hydrogens is 219 g/mol. The van der Waals surface area contributed by atoms with Gasteiger partial charge in [0.25, 0.3) is 0 Å². The summed E-state index contributed by atoms with van der Waals surface area (Å²) in [6.45, 7) is 3.65. The molecule has 88 valence electrons. The maximum atomic E-state index is 13.0. The van der Waals surface area contributed by atoms with Gasteiger partial charge in [0.15, 0.2) is 5.78 Å². The van der Waals surface area contributed by atoms with E-state index in [4.69, 9.17) is 4.42 Å². The molecule has 17 heavy (non-hydrogen) atoms. The molecule has 3 heteroatoms. The zero-order valence-corrected chi connectivity index (χ0v) is 9.79. The van der Waals surface area contributed by atoms with E-state index in [0.29, 0.717) is 28.9 Å². The van der Waals surface area contributed by atoms with Crippen LogP contribution in [0.3, 0.4) is 0 Å². The van der Waals surface area contributed by atoms with Gasteiger partial charge in [0.1, 0.15) is 11.6 Å². The Morgan fingerprint density at radius 3 is 2.71 bits per heavy atom. The van der Waals surface area contributed by atoms with Gasteiger partial charge in [-0.2, -0.15) is 0 Å². The fourth-order valence-corrected chi connectivity index (χ4v) is 1.84. The molecule has 0 spiro atoms. The van der Waals surface area contributed by atoms with Gasteiger partial charge in [0.05, 0.1) is 11.8 Å². The first kappa shape index (κ1) is 11.6. The van der Waals surface area contributed by atoms with Crippen molar-refractivity contribution in [1.82, 2.24) is 0 Å². The molecule has 2 aromatic rings. The SMILES string of the molecule is CCc1occc1C(=O)c1ccc(F)cc1C. The molecule has 1 aromatic heterocycles. The predicted molar refractivity (Wildman–Crippen MR) is 62.7 cm³/mol. The van der Waals surface area contributed by atoms with E-state index >= 15 is 0 Å². The molecule has 0 fully saturated rings. The Labute approximate surface area is 99.1 Å². The maximum absolute atomic E-state index is 13.0. The molecule has 0 atom stereocenters. The van der Waals surface area contributed by atoms with Crippen LogP contribution in [-0.2, 0) is 6.42 Å². The van der Waals surface area contributed by atoms with Crippen molar-refractivity contribution in [1.29, 1.82) is 0 Å². The van der Waals surface area contributed by atoms with E-state index in [9.17, 15) is 9.18 Å². The van der Waals surface area contributed by atoms with Crippen molar-refractivity contribution in [2.45, 2.75) is 20.3 Å². The van der Waals surface area contributed by atoms with E-state index in [1.165, 1.54) is 24.5 Å². The van der Waals surface area contributed by atoms with Crippen molar-refractivity contribution in [3.8, 4) is 0 Å². The van der Waals surface area contributed by atoms with Crippen molar-refractivity contribution in [3.05, 3.63) is 58.8 Å². The number of benzene rings is 1. The summed E-state index contributed by atoms with van der Waals surface area (Å²) in [7, 11) is 0. The lowest BCUT2D eigenvalue weighted by molar-refractivity contribution is 0.103. The third-order valence-corrected chi connectivity index (χ3v) is 2.74. The molecule has 0 N–H and O–H groups in total. The van der Waals surface area contributed by atoms with Gasteiger partial charge in [-0.25, -0.2) is 4.39 Å². The molecule has 0 amide bonds. The van der Waals surface area contributed by atoms with Crippen molar-refractivity contribution >= 4 is 5.78 Å². The number of aryl methyl sites for hydroxylation is 2. The minimum Gasteiger partial charge on any atom is -0.469 e. The summed E-state index contributed by atoms with van der Waals surface area (Å²) < 4.78 is 18.2. The maximum Gasteiger partial charge on any atom is 0.196 e. The van der Waals surface area contributed by atoms with Crippen molar-refractivity contribution < 1.29 is 13.6 Å². The molecule has 0 bridgehead atoms. The van der Waals surface area contributed by atoms with Gasteiger partial charge in [-0.05, 0) is 36.8 Å². The van der Waals surface area contributed by atoms with Crippen LogP contribution in [0.1, 0.15) is 34.2 Å². The Balaban J connectivity index is 2.44. The standard InChI is InChI=1S/C14H13FO2/c1-3-13-12(6-7-17-13)14(16)11-5-4-10(15)8-9(11)2/h4-8H,3H2,1-2H3. The second-order valence-corrected chi connectivity index (χ2v) is 3.90. The second kappa shape index (κ2) is 4.53. The molecular formula is C14H13FO2. The highest BCUT2D eigenvalue weighted by Crippen LogP contribution is 2.19. The van der Waals surface area contributed by atoms with Gasteiger partial charge in [-0.3, -0.25) is 4.79 Å². The summed E-state index contributed by atoms with van der Waals surface area (Å²) in [5.74, 6) is 0.216. The van der Waals surface area contributed by atoms with E-state index in [1.807, 2.05) is 6.92 Å². The highest BCUT2D eigenvalue weighted by molar-refractivity contribution is 6.10. The summed E-state index contributed by atoms with van der Waals surface area (Å²) in [5.41, 5.74) is 1.71. The monoisotopic (exact) mass is 232 g/mol. The molecule has 0 unspecified atom stereocenters. The molecule has 0 saturated heterocycles. The van der Waals surface area contributed by atoms with E-state index in [0.717, 1.165) is 0 Å². The van der Waals surface area contributed by atoms with Crippen LogP contribution in [0.4, 0.5) is 4.39 Å². The van der Waals surface area contributed by atoms with Crippen LogP contribution >= 0.6 is 0 Å². The zero-order valence-electron chi connectivity index (χ0n) is 9.79. The van der Waals surface area contributed by atoms with Gasteiger partial charge >= 0.3 is 0 Å². The lowest BCUT2D eigenvalue weighted by Crippen LogP contribution is -2.05. The largest absolute Gasteiger partial charge is 0.469 e. The molecule has 0 aliphatic carbocycles. The normalized spacial score (nSPS) is 10.5. The fourth-order valence-electron chi connectivity index (χ4n) is 1.84. The van der Waals surface area contributed by atoms with E-state index < -0.39 is 0 Å². The van der Waals surface area contributed by atoms with Crippen molar-refractivity contribution in [2.75, 3.05) is 0 Å². The minimum absolute atomic E-state index is 0.117. The minimum atomic E-state index is -0.332. The third-order valence-electron chi connectivity index (χ3n) is 2.74. The fraction of sp³-hybridized carbons (Fsp3) is 0.214. The number of rotatable bonds is 3. The molecule has 1 heterocycles. The average Bonchev–Trinajstić information content (AvgIpc) is 2.76. The first-order chi connectivity index (χ1) is 8.13. The Hall–Kier alpha value is -1.90. The van der Waals surface area contributed by atoms with Crippen LogP contribution in [0.2, 0.25) is 0 Å². The first-order valence-corrected chi connectivity index (χ1v) is 5.50. The lowest BCUT2D eigenvalue weighted by Gasteiger charge is -2.04. The molecule has 0 aliphatic rings. The van der Waals surface area contributed by atoms with Crippen LogP contribution in [0, 0.1) is 12.7 Å². The molecule has 0 aliphatic heterocycles. The Bertz CT molecular complexity index is 555. The van der Waals surface area contributed by atoms with Crippen LogP contribution < -0.4 is 0 Å². The summed E-state index contributed by atoms with van der Waals surface area (Å²) >= 11 is 0. The summed E-state index contributed by atoms with van der Waals surface area (Å²) in [4.78, 5) is 12.2. The average molecular weight is 232 g/mol.